The topological polar surface area (TPSA) is 87.9 Å². The van der Waals surface area contributed by atoms with Gasteiger partial charge >= 0.3 is 0 Å². The third-order valence-electron chi connectivity index (χ3n) is 4.74. The molecule has 2 aliphatic rings. The molecule has 0 radical (unpaired) electrons. The summed E-state index contributed by atoms with van der Waals surface area (Å²) in [6.07, 6.45) is 2.28. The summed E-state index contributed by atoms with van der Waals surface area (Å²) >= 11 is 0. The third-order valence-corrected chi connectivity index (χ3v) is 4.74. The van der Waals surface area contributed by atoms with E-state index in [0.29, 0.717) is 31.4 Å². The number of carbonyl (C=O) groups excluding carboxylic acids is 2. The number of benzene rings is 1. The molecule has 136 valence electrons. The molecule has 0 spiro atoms. The van der Waals surface area contributed by atoms with Crippen molar-refractivity contribution >= 4 is 23.2 Å². The number of rotatable bonds is 7. The Kier molecular flexibility index (Phi) is 5.67. The number of hydrogen-bond donors (Lipinski definition) is 2. The van der Waals surface area contributed by atoms with Gasteiger partial charge in [0.1, 0.15) is 12.6 Å². The molecule has 1 atom stereocenters. The highest BCUT2D eigenvalue weighted by Gasteiger charge is 2.35. The van der Waals surface area contributed by atoms with E-state index in [2.05, 4.69) is 17.1 Å². The smallest absolute Gasteiger partial charge is 0.253 e. The molecule has 0 unspecified atom stereocenters. The number of nitrogens with zero attached hydrogens (tertiary/aromatic N) is 2. The molecule has 1 aliphatic heterocycles. The molecule has 3 rings (SSSR count). The van der Waals surface area contributed by atoms with Crippen LogP contribution in [0, 0.1) is 0 Å². The normalized spacial score (nSPS) is 19.2. The van der Waals surface area contributed by atoms with Gasteiger partial charge in [0.15, 0.2) is 0 Å². The zero-order valence-electron chi connectivity index (χ0n) is 14.6. The average Bonchev–Trinajstić information content (AvgIpc) is 3.45. The Bertz CT molecular complexity index is 615. The van der Waals surface area contributed by atoms with Crippen molar-refractivity contribution < 1.29 is 14.3 Å². The van der Waals surface area contributed by atoms with Crippen molar-refractivity contribution in [1.29, 1.82) is 0 Å². The van der Waals surface area contributed by atoms with Crippen LogP contribution in [0.3, 0.4) is 0 Å². The standard InChI is InChI=1S/C18H26N4O3/c1-2-21(14-7-8-14)16(11-19)18(24)20-13-3-5-15(6-4-13)22-9-10-25-12-17(22)23/h3-6,14,16H,2,7-12,19H2,1H3,(H,20,24)/t16-/m0/s1. The molecule has 25 heavy (non-hydrogen) atoms. The maximum absolute atomic E-state index is 12.6. The van der Waals surface area contributed by atoms with Crippen molar-refractivity contribution in [2.45, 2.75) is 31.8 Å². The lowest BCUT2D eigenvalue weighted by Gasteiger charge is -2.29. The maximum Gasteiger partial charge on any atom is 0.253 e. The SMILES string of the molecule is CCN(C1CC1)[C@@H](CN)C(=O)Nc1ccc(N2CCOCC2=O)cc1. The lowest BCUT2D eigenvalue weighted by molar-refractivity contribution is -0.125. The van der Waals surface area contributed by atoms with Crippen LogP contribution in [0.2, 0.25) is 0 Å². The minimum Gasteiger partial charge on any atom is -0.370 e. The Balaban J connectivity index is 1.63. The van der Waals surface area contributed by atoms with E-state index in [0.717, 1.165) is 25.1 Å². The predicted octanol–water partition coefficient (Wildman–Crippen LogP) is 0.800. The molecule has 1 aromatic carbocycles. The molecular weight excluding hydrogens is 320 g/mol. The largest absolute Gasteiger partial charge is 0.370 e. The number of likely N-dealkylation sites (N-methyl/N-ethyl adjacent to an activating group) is 1. The summed E-state index contributed by atoms with van der Waals surface area (Å²) in [5.74, 6) is -0.124. The van der Waals surface area contributed by atoms with Gasteiger partial charge in [-0.05, 0) is 43.7 Å². The van der Waals surface area contributed by atoms with Gasteiger partial charge in [0, 0.05) is 30.5 Å². The van der Waals surface area contributed by atoms with Crippen LogP contribution in [0.1, 0.15) is 19.8 Å². The minimum atomic E-state index is -0.307. The van der Waals surface area contributed by atoms with E-state index < -0.39 is 0 Å². The fourth-order valence-electron chi connectivity index (χ4n) is 3.27. The molecule has 1 saturated carbocycles. The summed E-state index contributed by atoms with van der Waals surface area (Å²) in [7, 11) is 0. The lowest BCUT2D eigenvalue weighted by atomic mass is 10.2. The zero-order valence-corrected chi connectivity index (χ0v) is 14.6. The molecule has 0 aromatic heterocycles. The monoisotopic (exact) mass is 346 g/mol. The van der Waals surface area contributed by atoms with Gasteiger partial charge in [-0.1, -0.05) is 6.92 Å². The molecular formula is C18H26N4O3. The van der Waals surface area contributed by atoms with E-state index in [1.54, 1.807) is 4.90 Å². The Hall–Kier alpha value is -1.96. The molecule has 2 amide bonds. The zero-order chi connectivity index (χ0) is 17.8. The number of nitrogens with one attached hydrogen (secondary N) is 1. The molecule has 1 heterocycles. The summed E-state index contributed by atoms with van der Waals surface area (Å²) in [6, 6.07) is 7.49. The van der Waals surface area contributed by atoms with Gasteiger partial charge in [-0.25, -0.2) is 0 Å². The summed E-state index contributed by atoms with van der Waals surface area (Å²) in [6.45, 7) is 4.38. The Morgan fingerprint density at radius 2 is 2.12 bits per heavy atom. The van der Waals surface area contributed by atoms with Crippen LogP contribution in [0.4, 0.5) is 11.4 Å². The van der Waals surface area contributed by atoms with Gasteiger partial charge < -0.3 is 20.7 Å². The average molecular weight is 346 g/mol. The second-order valence-corrected chi connectivity index (χ2v) is 6.45. The second kappa shape index (κ2) is 7.95. The lowest BCUT2D eigenvalue weighted by Crippen LogP contribution is -2.49. The van der Waals surface area contributed by atoms with Crippen molar-refractivity contribution in [3.8, 4) is 0 Å². The van der Waals surface area contributed by atoms with Gasteiger partial charge in [0.25, 0.3) is 5.91 Å². The number of anilines is 2. The van der Waals surface area contributed by atoms with Gasteiger partial charge in [0.05, 0.1) is 6.61 Å². The Labute approximate surface area is 148 Å². The summed E-state index contributed by atoms with van der Waals surface area (Å²) in [5.41, 5.74) is 7.37. The predicted molar refractivity (Wildman–Crippen MR) is 96.5 cm³/mol. The number of carbonyl (C=O) groups is 2. The van der Waals surface area contributed by atoms with E-state index in [9.17, 15) is 9.59 Å². The first-order valence-corrected chi connectivity index (χ1v) is 8.89. The summed E-state index contributed by atoms with van der Waals surface area (Å²) < 4.78 is 5.14. The first kappa shape index (κ1) is 17.8. The van der Waals surface area contributed by atoms with Crippen molar-refractivity contribution in [1.82, 2.24) is 4.90 Å². The quantitative estimate of drug-likeness (QED) is 0.762. The van der Waals surface area contributed by atoms with Crippen LogP contribution in [0.25, 0.3) is 0 Å². The molecule has 7 nitrogen and oxygen atoms in total. The third kappa shape index (κ3) is 4.18. The first-order valence-electron chi connectivity index (χ1n) is 8.89. The summed E-state index contributed by atoms with van der Waals surface area (Å²) in [4.78, 5) is 28.4. The fraction of sp³-hybridized carbons (Fsp3) is 0.556. The number of amides is 2. The van der Waals surface area contributed by atoms with Crippen LogP contribution in [0.5, 0.6) is 0 Å². The van der Waals surface area contributed by atoms with Gasteiger partial charge in [-0.3, -0.25) is 14.5 Å². The molecule has 0 bridgehead atoms. The van der Waals surface area contributed by atoms with Gasteiger partial charge in [-0.15, -0.1) is 0 Å². The number of ether oxygens (including phenoxy) is 1. The van der Waals surface area contributed by atoms with Crippen LogP contribution in [0.15, 0.2) is 24.3 Å². The molecule has 7 heteroatoms. The Morgan fingerprint density at radius 3 is 2.68 bits per heavy atom. The molecule has 1 aliphatic carbocycles. The van der Waals surface area contributed by atoms with Crippen molar-refractivity contribution in [3.05, 3.63) is 24.3 Å². The molecule has 1 saturated heterocycles. The molecule has 2 fully saturated rings. The van der Waals surface area contributed by atoms with E-state index in [-0.39, 0.29) is 24.5 Å². The highest BCUT2D eigenvalue weighted by molar-refractivity contribution is 5.97. The van der Waals surface area contributed by atoms with Crippen LogP contribution >= 0.6 is 0 Å². The maximum atomic E-state index is 12.6. The van der Waals surface area contributed by atoms with Crippen LogP contribution < -0.4 is 16.0 Å². The highest BCUT2D eigenvalue weighted by atomic mass is 16.5. The van der Waals surface area contributed by atoms with E-state index >= 15 is 0 Å². The van der Waals surface area contributed by atoms with Crippen molar-refractivity contribution in [3.63, 3.8) is 0 Å². The van der Waals surface area contributed by atoms with Crippen molar-refractivity contribution in [2.75, 3.05) is 43.1 Å². The minimum absolute atomic E-state index is 0.0470. The number of hydrogen-bond acceptors (Lipinski definition) is 5. The number of nitrogens with two attached hydrogens (primary N) is 1. The summed E-state index contributed by atoms with van der Waals surface area (Å²) in [5, 5.41) is 2.94. The van der Waals surface area contributed by atoms with Crippen LogP contribution in [-0.2, 0) is 14.3 Å². The van der Waals surface area contributed by atoms with E-state index in [4.69, 9.17) is 10.5 Å². The number of morpholine rings is 1. The van der Waals surface area contributed by atoms with E-state index in [1.807, 2.05) is 24.3 Å². The highest BCUT2D eigenvalue weighted by Crippen LogP contribution is 2.28. The van der Waals surface area contributed by atoms with Crippen molar-refractivity contribution in [2.24, 2.45) is 5.73 Å². The fourth-order valence-corrected chi connectivity index (χ4v) is 3.27. The first-order chi connectivity index (χ1) is 12.1. The molecule has 1 aromatic rings. The van der Waals surface area contributed by atoms with E-state index in [1.165, 1.54) is 0 Å². The van der Waals surface area contributed by atoms with Gasteiger partial charge in [0.2, 0.25) is 5.91 Å². The van der Waals surface area contributed by atoms with Crippen LogP contribution in [-0.4, -0.2) is 61.6 Å². The Morgan fingerprint density at radius 1 is 1.40 bits per heavy atom. The molecule has 3 N–H and O–H groups in total. The second-order valence-electron chi connectivity index (χ2n) is 6.45. The van der Waals surface area contributed by atoms with Gasteiger partial charge in [-0.2, -0.15) is 0 Å².